The lowest BCUT2D eigenvalue weighted by Gasteiger charge is -2.42. The third-order valence-corrected chi connectivity index (χ3v) is 8.96. The molecule has 0 unspecified atom stereocenters. The van der Waals surface area contributed by atoms with Gasteiger partial charge in [0.05, 0.1) is 0 Å². The fourth-order valence-corrected chi connectivity index (χ4v) is 6.26. The van der Waals surface area contributed by atoms with E-state index in [9.17, 15) is 35.2 Å². The third-order valence-electron chi connectivity index (χ3n) is 6.33. The standard InChI is InChI=1S/C20H26F5N3O5S/c21-19(22,20(23,24)25)6-5-15-1-3-16(4-2-15)27-9-11-28(12-10-27)34(31,32)18(17(29)26-30)7-13-33-14-8-18/h1-4,30H,5-14H2,(H,26,29). The van der Waals surface area contributed by atoms with Crippen LogP contribution in [0.15, 0.2) is 24.3 Å². The topological polar surface area (TPSA) is 99.2 Å². The average Bonchev–Trinajstić information content (AvgIpc) is 2.82. The summed E-state index contributed by atoms with van der Waals surface area (Å²) in [7, 11) is -4.11. The van der Waals surface area contributed by atoms with Crippen LogP contribution < -0.4 is 10.4 Å². The number of hydroxylamine groups is 1. The Morgan fingerprint density at radius 1 is 1.03 bits per heavy atom. The van der Waals surface area contributed by atoms with Gasteiger partial charge in [-0.05, 0) is 24.1 Å². The normalized spacial score (nSPS) is 20.2. The average molecular weight is 516 g/mol. The van der Waals surface area contributed by atoms with Gasteiger partial charge >= 0.3 is 12.1 Å². The molecule has 0 atom stereocenters. The molecule has 2 N–H and O–H groups in total. The zero-order valence-electron chi connectivity index (χ0n) is 18.2. The maximum Gasteiger partial charge on any atom is 0.453 e. The summed E-state index contributed by atoms with van der Waals surface area (Å²) in [4.78, 5) is 14.2. The second-order valence-electron chi connectivity index (χ2n) is 8.31. The Morgan fingerprint density at radius 2 is 1.59 bits per heavy atom. The summed E-state index contributed by atoms with van der Waals surface area (Å²) in [5, 5.41) is 9.12. The first-order valence-corrected chi connectivity index (χ1v) is 12.1. The van der Waals surface area contributed by atoms with Crippen molar-refractivity contribution in [3.63, 3.8) is 0 Å². The van der Waals surface area contributed by atoms with Crippen molar-refractivity contribution in [3.05, 3.63) is 29.8 Å². The van der Waals surface area contributed by atoms with Crippen LogP contribution in [0.2, 0.25) is 0 Å². The molecule has 0 bridgehead atoms. The van der Waals surface area contributed by atoms with E-state index in [-0.39, 0.29) is 52.2 Å². The van der Waals surface area contributed by atoms with E-state index in [1.807, 2.05) is 4.90 Å². The van der Waals surface area contributed by atoms with Gasteiger partial charge < -0.3 is 9.64 Å². The van der Waals surface area contributed by atoms with E-state index in [0.717, 1.165) is 0 Å². The predicted molar refractivity (Wildman–Crippen MR) is 111 cm³/mol. The lowest BCUT2D eigenvalue weighted by molar-refractivity contribution is -0.284. The van der Waals surface area contributed by atoms with Crippen molar-refractivity contribution in [2.75, 3.05) is 44.3 Å². The molecule has 0 spiro atoms. The van der Waals surface area contributed by atoms with Crippen LogP contribution in [-0.4, -0.2) is 80.1 Å². The van der Waals surface area contributed by atoms with E-state index in [4.69, 9.17) is 9.94 Å². The Balaban J connectivity index is 1.63. The van der Waals surface area contributed by atoms with Gasteiger partial charge in [0.25, 0.3) is 5.91 Å². The molecule has 192 valence electrons. The molecular formula is C20H26F5N3O5S. The number of rotatable bonds is 7. The molecule has 3 rings (SSSR count). The minimum Gasteiger partial charge on any atom is -0.381 e. The highest BCUT2D eigenvalue weighted by molar-refractivity contribution is 7.91. The van der Waals surface area contributed by atoms with E-state index in [1.165, 1.54) is 21.9 Å². The second-order valence-corrected chi connectivity index (χ2v) is 10.6. The molecule has 2 aliphatic rings. The van der Waals surface area contributed by atoms with E-state index in [1.54, 1.807) is 12.1 Å². The summed E-state index contributed by atoms with van der Waals surface area (Å²) in [5.74, 6) is -5.76. The molecule has 0 radical (unpaired) electrons. The van der Waals surface area contributed by atoms with E-state index >= 15 is 0 Å². The number of anilines is 1. The predicted octanol–water partition coefficient (Wildman–Crippen LogP) is 2.32. The van der Waals surface area contributed by atoms with Crippen LogP contribution in [0, 0.1) is 0 Å². The molecule has 0 aromatic heterocycles. The molecule has 14 heteroatoms. The fourth-order valence-electron chi connectivity index (χ4n) is 4.16. The molecule has 0 aliphatic carbocycles. The van der Waals surface area contributed by atoms with Crippen LogP contribution in [0.5, 0.6) is 0 Å². The summed E-state index contributed by atoms with van der Waals surface area (Å²) in [6.07, 6.45) is -7.56. The van der Waals surface area contributed by atoms with Gasteiger partial charge in [-0.1, -0.05) is 12.1 Å². The van der Waals surface area contributed by atoms with Crippen LogP contribution in [0.4, 0.5) is 27.6 Å². The minimum absolute atomic E-state index is 0.0634. The molecule has 1 aromatic rings. The number of nitrogens with zero attached hydrogens (tertiary/aromatic N) is 2. The van der Waals surface area contributed by atoms with Crippen LogP contribution in [0.3, 0.4) is 0 Å². The number of piperazine rings is 1. The van der Waals surface area contributed by atoms with Crippen molar-refractivity contribution in [2.24, 2.45) is 0 Å². The Kier molecular flexibility index (Phi) is 7.75. The first-order valence-electron chi connectivity index (χ1n) is 10.6. The zero-order chi connectivity index (χ0) is 25.2. The summed E-state index contributed by atoms with van der Waals surface area (Å²) < 4.78 is 94.4. The molecule has 0 saturated carbocycles. The second kappa shape index (κ2) is 9.91. The third kappa shape index (κ3) is 5.14. The number of aryl methyl sites for hydroxylation is 1. The summed E-state index contributed by atoms with van der Waals surface area (Å²) in [6, 6.07) is 6.11. The summed E-state index contributed by atoms with van der Waals surface area (Å²) >= 11 is 0. The number of halogens is 5. The number of sulfonamides is 1. The van der Waals surface area contributed by atoms with Crippen molar-refractivity contribution >= 4 is 21.6 Å². The van der Waals surface area contributed by atoms with Gasteiger partial charge in [-0.25, -0.2) is 13.9 Å². The van der Waals surface area contributed by atoms with Gasteiger partial charge in [0.15, 0.2) is 4.75 Å². The SMILES string of the molecule is O=C(NO)C1(S(=O)(=O)N2CCN(c3ccc(CCC(F)(F)C(F)(F)F)cc3)CC2)CCOCC1. The highest BCUT2D eigenvalue weighted by Gasteiger charge is 2.56. The fraction of sp³-hybridized carbons (Fsp3) is 0.650. The maximum atomic E-state index is 13.3. The molecule has 2 heterocycles. The van der Waals surface area contributed by atoms with Crippen LogP contribution in [0.25, 0.3) is 0 Å². The van der Waals surface area contributed by atoms with Gasteiger partial charge in [-0.2, -0.15) is 26.3 Å². The summed E-state index contributed by atoms with van der Waals surface area (Å²) in [5.41, 5.74) is 2.46. The molecule has 2 fully saturated rings. The van der Waals surface area contributed by atoms with E-state index < -0.39 is 45.6 Å². The molecule has 34 heavy (non-hydrogen) atoms. The van der Waals surface area contributed by atoms with Gasteiger partial charge in [-0.3, -0.25) is 10.0 Å². The van der Waals surface area contributed by atoms with Gasteiger partial charge in [-0.15, -0.1) is 0 Å². The van der Waals surface area contributed by atoms with Gasteiger partial charge in [0.2, 0.25) is 10.0 Å². The van der Waals surface area contributed by atoms with Crippen molar-refractivity contribution < 1.29 is 45.1 Å². The quantitative estimate of drug-likeness (QED) is 0.329. The lowest BCUT2D eigenvalue weighted by atomic mass is 9.98. The Morgan fingerprint density at radius 3 is 2.09 bits per heavy atom. The minimum atomic E-state index is -5.59. The van der Waals surface area contributed by atoms with Crippen molar-refractivity contribution in [1.29, 1.82) is 0 Å². The van der Waals surface area contributed by atoms with Gasteiger partial charge in [0, 0.05) is 64.3 Å². The number of carbonyl (C=O) groups excluding carboxylic acids is 1. The Labute approximate surface area is 193 Å². The number of hydrogen-bond acceptors (Lipinski definition) is 6. The van der Waals surface area contributed by atoms with Crippen molar-refractivity contribution in [3.8, 4) is 0 Å². The zero-order valence-corrected chi connectivity index (χ0v) is 19.0. The molecule has 8 nitrogen and oxygen atoms in total. The van der Waals surface area contributed by atoms with Crippen molar-refractivity contribution in [2.45, 2.75) is 42.5 Å². The highest BCUT2D eigenvalue weighted by atomic mass is 32.2. The van der Waals surface area contributed by atoms with Gasteiger partial charge in [0.1, 0.15) is 0 Å². The molecular weight excluding hydrogens is 489 g/mol. The number of nitrogens with one attached hydrogen (secondary N) is 1. The molecule has 1 amide bonds. The molecule has 2 saturated heterocycles. The monoisotopic (exact) mass is 515 g/mol. The number of benzene rings is 1. The number of carbonyl (C=O) groups is 1. The maximum absolute atomic E-state index is 13.3. The number of ether oxygens (including phenoxy) is 1. The lowest BCUT2D eigenvalue weighted by Crippen LogP contribution is -2.62. The van der Waals surface area contributed by atoms with Crippen LogP contribution in [0.1, 0.15) is 24.8 Å². The first kappa shape index (κ1) is 26.6. The molecule has 2 aliphatic heterocycles. The first-order chi connectivity index (χ1) is 15.8. The Hall–Kier alpha value is -2.03. The number of alkyl halides is 5. The number of hydrogen-bond donors (Lipinski definition) is 2. The highest BCUT2D eigenvalue weighted by Crippen LogP contribution is 2.39. The van der Waals surface area contributed by atoms with Crippen LogP contribution in [-0.2, 0) is 26.0 Å². The smallest absolute Gasteiger partial charge is 0.381 e. The molecule has 1 aromatic carbocycles. The Bertz CT molecular complexity index is 958. The van der Waals surface area contributed by atoms with Crippen LogP contribution >= 0.6 is 0 Å². The largest absolute Gasteiger partial charge is 0.453 e. The summed E-state index contributed by atoms with van der Waals surface area (Å²) in [6.45, 7) is 0.824. The van der Waals surface area contributed by atoms with Crippen molar-refractivity contribution in [1.82, 2.24) is 9.79 Å². The number of amides is 1. The van der Waals surface area contributed by atoms with E-state index in [0.29, 0.717) is 11.3 Å². The van der Waals surface area contributed by atoms with E-state index in [2.05, 4.69) is 0 Å².